The molecule has 0 heterocycles. The van der Waals surface area contributed by atoms with Crippen LogP contribution in [0.25, 0.3) is 0 Å². The van der Waals surface area contributed by atoms with Crippen LogP contribution in [0.15, 0.2) is 34.3 Å². The first-order valence-electron chi connectivity index (χ1n) is 11.2. The van der Waals surface area contributed by atoms with E-state index in [0.29, 0.717) is 0 Å². The highest BCUT2D eigenvalue weighted by Gasteiger charge is 2.12. The second kappa shape index (κ2) is 10.5. The van der Waals surface area contributed by atoms with Crippen molar-refractivity contribution in [3.8, 4) is 0 Å². The van der Waals surface area contributed by atoms with Crippen molar-refractivity contribution >= 4 is 22.8 Å². The van der Waals surface area contributed by atoms with Gasteiger partial charge in [0.25, 0.3) is 0 Å². The van der Waals surface area contributed by atoms with E-state index in [0.717, 1.165) is 43.5 Å². The lowest BCUT2D eigenvalue weighted by atomic mass is 9.92. The van der Waals surface area contributed by atoms with Crippen molar-refractivity contribution < 1.29 is 0 Å². The highest BCUT2D eigenvalue weighted by atomic mass is 14.8. The van der Waals surface area contributed by atoms with Gasteiger partial charge >= 0.3 is 0 Å². The zero-order valence-electron chi connectivity index (χ0n) is 19.7. The van der Waals surface area contributed by atoms with E-state index in [-0.39, 0.29) is 0 Å². The highest BCUT2D eigenvalue weighted by Crippen LogP contribution is 2.32. The second-order valence-electron chi connectivity index (χ2n) is 8.23. The summed E-state index contributed by atoms with van der Waals surface area (Å²) in [5.41, 5.74) is 12.8. The predicted octanol–water partition coefficient (Wildman–Crippen LogP) is 7.75. The molecule has 0 atom stereocenters. The third kappa shape index (κ3) is 5.88. The smallest absolute Gasteiger partial charge is 0.0692 e. The minimum atomic E-state index is 0.963. The molecular weight excluding hydrogens is 352 g/mol. The van der Waals surface area contributed by atoms with Gasteiger partial charge in [0.1, 0.15) is 0 Å². The van der Waals surface area contributed by atoms with E-state index in [2.05, 4.69) is 79.7 Å². The quantitative estimate of drug-likeness (QED) is 0.412. The summed E-state index contributed by atoms with van der Waals surface area (Å²) in [4.78, 5) is 9.69. The predicted molar refractivity (Wildman–Crippen MR) is 130 cm³/mol. The Hall–Kier alpha value is -2.22. The molecule has 0 radical (unpaired) electrons. The Kier molecular flexibility index (Phi) is 8.37. The summed E-state index contributed by atoms with van der Waals surface area (Å²) in [6.45, 7) is 17.2. The Bertz CT molecular complexity index is 783. The number of aryl methyl sites for hydroxylation is 4. The Morgan fingerprint density at radius 3 is 1.03 bits per heavy atom. The molecule has 0 aliphatic heterocycles. The molecule has 2 heteroatoms. The molecule has 0 fully saturated rings. The zero-order valence-corrected chi connectivity index (χ0v) is 19.7. The van der Waals surface area contributed by atoms with E-state index in [4.69, 9.17) is 9.98 Å². The number of hydrogen-bond acceptors (Lipinski definition) is 2. The Balaban J connectivity index is 2.53. The summed E-state index contributed by atoms with van der Waals surface area (Å²) in [5.74, 6) is 0. The van der Waals surface area contributed by atoms with Crippen molar-refractivity contribution in [2.24, 2.45) is 9.98 Å². The summed E-state index contributed by atoms with van der Waals surface area (Å²) in [6.07, 6.45) is 5.01. The van der Waals surface area contributed by atoms with Gasteiger partial charge in [-0.15, -0.1) is 0 Å². The molecule has 0 amide bonds. The fourth-order valence-electron chi connectivity index (χ4n) is 3.92. The van der Waals surface area contributed by atoms with Crippen LogP contribution < -0.4 is 0 Å². The van der Waals surface area contributed by atoms with E-state index in [1.54, 1.807) is 0 Å². The van der Waals surface area contributed by atoms with Gasteiger partial charge in [0.05, 0.1) is 11.4 Å². The molecular formula is C27H38N2. The number of hydrogen-bond donors (Lipinski definition) is 0. The molecule has 2 rings (SSSR count). The largest absolute Gasteiger partial charge is 0.258 e. The molecule has 0 unspecified atom stereocenters. The average Bonchev–Trinajstić information content (AvgIpc) is 2.68. The normalized spacial score (nSPS) is 10.8. The number of nitrogens with zero attached hydrogens (tertiary/aromatic N) is 2. The number of aliphatic imine (C=N–C) groups is 2. The molecule has 2 aromatic carbocycles. The summed E-state index contributed by atoms with van der Waals surface area (Å²) < 4.78 is 0. The van der Waals surface area contributed by atoms with E-state index in [9.17, 15) is 0 Å². The van der Waals surface area contributed by atoms with Gasteiger partial charge in [-0.2, -0.15) is 0 Å². The van der Waals surface area contributed by atoms with Gasteiger partial charge in [-0.05, 0) is 93.2 Å². The zero-order chi connectivity index (χ0) is 21.6. The fourth-order valence-corrected chi connectivity index (χ4v) is 3.92. The molecule has 156 valence electrons. The molecule has 0 saturated heterocycles. The van der Waals surface area contributed by atoms with Crippen LogP contribution in [-0.2, 0) is 32.1 Å². The molecule has 0 bridgehead atoms. The Morgan fingerprint density at radius 1 is 0.552 bits per heavy atom. The van der Waals surface area contributed by atoms with E-state index in [1.165, 1.54) is 44.8 Å². The summed E-state index contributed by atoms with van der Waals surface area (Å²) in [7, 11) is 0. The topological polar surface area (TPSA) is 24.7 Å². The molecule has 29 heavy (non-hydrogen) atoms. The lowest BCUT2D eigenvalue weighted by molar-refractivity contribution is 1.03. The van der Waals surface area contributed by atoms with Gasteiger partial charge in [0, 0.05) is 11.4 Å². The molecule has 2 nitrogen and oxygen atoms in total. The molecule has 0 aromatic heterocycles. The van der Waals surface area contributed by atoms with Crippen LogP contribution in [0, 0.1) is 0 Å². The van der Waals surface area contributed by atoms with Crippen LogP contribution in [-0.4, -0.2) is 11.4 Å². The van der Waals surface area contributed by atoms with Gasteiger partial charge in [-0.1, -0.05) is 52.0 Å². The summed E-state index contributed by atoms with van der Waals surface area (Å²) in [5, 5.41) is 0. The summed E-state index contributed by atoms with van der Waals surface area (Å²) in [6, 6.07) is 9.45. The third-order valence-electron chi connectivity index (χ3n) is 5.26. The Labute approximate surface area is 178 Å². The first-order valence-corrected chi connectivity index (χ1v) is 11.2. The first kappa shape index (κ1) is 23.1. The van der Waals surface area contributed by atoms with Crippen molar-refractivity contribution in [3.05, 3.63) is 57.6 Å². The van der Waals surface area contributed by atoms with Crippen LogP contribution in [0.2, 0.25) is 0 Å². The van der Waals surface area contributed by atoms with Crippen LogP contribution in [0.1, 0.15) is 88.8 Å². The maximum Gasteiger partial charge on any atom is 0.0692 e. The fraction of sp³-hybridized carbons (Fsp3) is 0.481. The minimum absolute atomic E-state index is 0.963. The molecule has 0 saturated carbocycles. The lowest BCUT2D eigenvalue weighted by Crippen LogP contribution is -1.99. The monoisotopic (exact) mass is 390 g/mol. The molecule has 0 aliphatic carbocycles. The first-order chi connectivity index (χ1) is 13.8. The highest BCUT2D eigenvalue weighted by molar-refractivity contribution is 5.84. The van der Waals surface area contributed by atoms with Gasteiger partial charge in [0.2, 0.25) is 0 Å². The van der Waals surface area contributed by atoms with E-state index < -0.39 is 0 Å². The maximum atomic E-state index is 4.85. The number of benzene rings is 2. The van der Waals surface area contributed by atoms with Gasteiger partial charge < -0.3 is 0 Å². The molecule has 2 aromatic rings. The third-order valence-corrected chi connectivity index (χ3v) is 5.26. The van der Waals surface area contributed by atoms with Crippen molar-refractivity contribution in [1.82, 2.24) is 0 Å². The average molecular weight is 391 g/mol. The minimum Gasteiger partial charge on any atom is -0.258 e. The second-order valence-corrected chi connectivity index (χ2v) is 8.23. The molecule has 0 N–H and O–H groups in total. The standard InChI is InChI=1S/C27H38N2/c1-9-22-14-20(15-23(10-2)26(22)28-18(5)6)13-21-16-24(11-3)27(29-19(7)8)25(12-4)17-21/h14-17H,9-13H2,1-8H3. The van der Waals surface area contributed by atoms with Gasteiger partial charge in [-0.25, -0.2) is 0 Å². The number of rotatable bonds is 8. The van der Waals surface area contributed by atoms with Crippen molar-refractivity contribution in [2.75, 3.05) is 0 Å². The SMILES string of the molecule is CCc1cc(Cc2cc(CC)c(N=C(C)C)c(CC)c2)cc(CC)c1N=C(C)C. The van der Waals surface area contributed by atoms with Crippen LogP contribution in [0.5, 0.6) is 0 Å². The van der Waals surface area contributed by atoms with E-state index in [1.807, 2.05) is 0 Å². The molecule has 0 aliphatic rings. The molecule has 0 spiro atoms. The summed E-state index contributed by atoms with van der Waals surface area (Å²) >= 11 is 0. The van der Waals surface area contributed by atoms with Crippen molar-refractivity contribution in [3.63, 3.8) is 0 Å². The maximum absolute atomic E-state index is 4.85. The Morgan fingerprint density at radius 2 is 0.828 bits per heavy atom. The van der Waals surface area contributed by atoms with Crippen LogP contribution in [0.3, 0.4) is 0 Å². The van der Waals surface area contributed by atoms with E-state index >= 15 is 0 Å². The lowest BCUT2D eigenvalue weighted by Gasteiger charge is -2.16. The van der Waals surface area contributed by atoms with Crippen LogP contribution in [0.4, 0.5) is 11.4 Å². The van der Waals surface area contributed by atoms with Gasteiger partial charge in [0.15, 0.2) is 0 Å². The van der Waals surface area contributed by atoms with Gasteiger partial charge in [-0.3, -0.25) is 9.98 Å². The van der Waals surface area contributed by atoms with Crippen molar-refractivity contribution in [1.29, 1.82) is 0 Å². The van der Waals surface area contributed by atoms with Crippen molar-refractivity contribution in [2.45, 2.75) is 87.5 Å². The van der Waals surface area contributed by atoms with Crippen LogP contribution >= 0.6 is 0 Å².